The van der Waals surface area contributed by atoms with Gasteiger partial charge in [-0.15, -0.1) is 0 Å². The lowest BCUT2D eigenvalue weighted by molar-refractivity contribution is -0.119. The van der Waals surface area contributed by atoms with E-state index in [1.165, 1.54) is 0 Å². The first-order valence-corrected chi connectivity index (χ1v) is 2.99. The number of ketones is 1. The number of hydrogen-bond donors (Lipinski definition) is 0. The first kappa shape index (κ1) is 6.20. The Labute approximate surface area is 54.3 Å². The first-order valence-electron chi connectivity index (χ1n) is 2.99. The zero-order valence-corrected chi connectivity index (χ0v) is 5.37. The third-order valence-electron chi connectivity index (χ3n) is 1.39. The van der Waals surface area contributed by atoms with E-state index in [9.17, 15) is 4.79 Å². The summed E-state index contributed by atoms with van der Waals surface area (Å²) in [6.07, 6.45) is 6.05. The molecule has 9 heavy (non-hydrogen) atoms. The van der Waals surface area contributed by atoms with Crippen molar-refractivity contribution in [2.75, 3.05) is 0 Å². The van der Waals surface area contributed by atoms with Crippen LogP contribution in [0.2, 0.25) is 0 Å². The fourth-order valence-electron chi connectivity index (χ4n) is 0.769. The van der Waals surface area contributed by atoms with Gasteiger partial charge in [-0.1, -0.05) is 6.08 Å². The molecule has 0 bridgehead atoms. The van der Waals surface area contributed by atoms with Gasteiger partial charge in [-0.3, -0.25) is 9.79 Å². The number of allylic oxidation sites excluding steroid dienone is 1. The van der Waals surface area contributed by atoms with E-state index in [0.717, 1.165) is 6.42 Å². The van der Waals surface area contributed by atoms with Crippen molar-refractivity contribution >= 4 is 12.0 Å². The maximum absolute atomic E-state index is 10.7. The van der Waals surface area contributed by atoms with Crippen molar-refractivity contribution in [2.24, 2.45) is 10.9 Å². The molecular weight excluding hydrogens is 114 g/mol. The fourth-order valence-corrected chi connectivity index (χ4v) is 0.769. The molecule has 1 aliphatic rings. The number of nitrogens with zero attached hydrogens (tertiary/aromatic N) is 1. The standard InChI is InChI=1S/C7H9NO/c1-6(9)7-2-4-8-5-3-7/h2,4-5,7H,3H2,1H3. The van der Waals surface area contributed by atoms with Crippen molar-refractivity contribution in [2.45, 2.75) is 13.3 Å². The van der Waals surface area contributed by atoms with Crippen LogP contribution in [0.4, 0.5) is 0 Å². The van der Waals surface area contributed by atoms with E-state index in [0.29, 0.717) is 0 Å². The Balaban J connectivity index is 2.56. The van der Waals surface area contributed by atoms with Crippen LogP contribution in [-0.4, -0.2) is 12.0 Å². The lowest BCUT2D eigenvalue weighted by Crippen LogP contribution is -2.09. The number of hydrogen-bond acceptors (Lipinski definition) is 2. The minimum Gasteiger partial charge on any atom is -0.299 e. The SMILES string of the molecule is CC(=O)C1C=CN=CC1. The van der Waals surface area contributed by atoms with E-state index in [-0.39, 0.29) is 11.7 Å². The van der Waals surface area contributed by atoms with E-state index < -0.39 is 0 Å². The van der Waals surface area contributed by atoms with Gasteiger partial charge >= 0.3 is 0 Å². The van der Waals surface area contributed by atoms with Crippen LogP contribution in [0.5, 0.6) is 0 Å². The van der Waals surface area contributed by atoms with Gasteiger partial charge < -0.3 is 0 Å². The molecular formula is C7H9NO. The fraction of sp³-hybridized carbons (Fsp3) is 0.429. The Morgan fingerprint density at radius 1 is 1.78 bits per heavy atom. The van der Waals surface area contributed by atoms with Crippen molar-refractivity contribution in [3.8, 4) is 0 Å². The van der Waals surface area contributed by atoms with Gasteiger partial charge in [-0.05, 0) is 13.3 Å². The van der Waals surface area contributed by atoms with E-state index in [1.807, 2.05) is 6.08 Å². The third kappa shape index (κ3) is 1.49. The summed E-state index contributed by atoms with van der Waals surface area (Å²) in [4.78, 5) is 14.5. The predicted octanol–water partition coefficient (Wildman–Crippen LogP) is 1.18. The van der Waals surface area contributed by atoms with Gasteiger partial charge in [0.15, 0.2) is 0 Å². The molecule has 0 aromatic rings. The highest BCUT2D eigenvalue weighted by Crippen LogP contribution is 2.08. The summed E-state index contributed by atoms with van der Waals surface area (Å²) in [5.41, 5.74) is 0. The van der Waals surface area contributed by atoms with Gasteiger partial charge in [-0.25, -0.2) is 0 Å². The zero-order chi connectivity index (χ0) is 6.69. The molecule has 0 saturated carbocycles. The lowest BCUT2D eigenvalue weighted by Gasteiger charge is -2.05. The van der Waals surface area contributed by atoms with Crippen LogP contribution in [0.3, 0.4) is 0 Å². The topological polar surface area (TPSA) is 29.4 Å². The van der Waals surface area contributed by atoms with E-state index in [2.05, 4.69) is 4.99 Å². The molecule has 0 fully saturated rings. The molecule has 0 aromatic heterocycles. The van der Waals surface area contributed by atoms with Crippen LogP contribution >= 0.6 is 0 Å². The maximum Gasteiger partial charge on any atom is 0.137 e. The molecule has 0 N–H and O–H groups in total. The molecule has 2 nitrogen and oxygen atoms in total. The molecule has 0 spiro atoms. The quantitative estimate of drug-likeness (QED) is 0.514. The largest absolute Gasteiger partial charge is 0.299 e. The Kier molecular flexibility index (Phi) is 1.78. The Hall–Kier alpha value is -0.920. The van der Waals surface area contributed by atoms with Crippen molar-refractivity contribution in [1.29, 1.82) is 0 Å². The van der Waals surface area contributed by atoms with Crippen LogP contribution in [0.15, 0.2) is 17.3 Å². The van der Waals surface area contributed by atoms with Crippen LogP contribution in [0.1, 0.15) is 13.3 Å². The number of rotatable bonds is 1. The number of carbonyl (C=O) groups is 1. The number of carbonyl (C=O) groups excluding carboxylic acids is 1. The molecule has 0 aliphatic carbocycles. The van der Waals surface area contributed by atoms with Crippen LogP contribution in [0.25, 0.3) is 0 Å². The third-order valence-corrected chi connectivity index (χ3v) is 1.39. The molecule has 0 amide bonds. The maximum atomic E-state index is 10.7. The molecule has 1 aliphatic heterocycles. The summed E-state index contributed by atoms with van der Waals surface area (Å²) in [7, 11) is 0. The summed E-state index contributed by atoms with van der Waals surface area (Å²) in [6, 6.07) is 0. The second kappa shape index (κ2) is 2.58. The minimum atomic E-state index is 0.0856. The molecule has 1 rings (SSSR count). The van der Waals surface area contributed by atoms with Gasteiger partial charge in [0.1, 0.15) is 5.78 Å². The van der Waals surface area contributed by atoms with Crippen LogP contribution < -0.4 is 0 Å². The summed E-state index contributed by atoms with van der Waals surface area (Å²) >= 11 is 0. The average molecular weight is 123 g/mol. The summed E-state index contributed by atoms with van der Waals surface area (Å²) in [6.45, 7) is 1.61. The molecule has 1 unspecified atom stereocenters. The molecule has 1 atom stereocenters. The van der Waals surface area contributed by atoms with Crippen LogP contribution in [-0.2, 0) is 4.79 Å². The predicted molar refractivity (Wildman–Crippen MR) is 36.4 cm³/mol. The molecule has 0 aromatic carbocycles. The molecule has 2 heteroatoms. The molecule has 1 heterocycles. The van der Waals surface area contributed by atoms with E-state index >= 15 is 0 Å². The van der Waals surface area contributed by atoms with Gasteiger partial charge in [-0.2, -0.15) is 0 Å². The smallest absolute Gasteiger partial charge is 0.137 e. The van der Waals surface area contributed by atoms with Gasteiger partial charge in [0, 0.05) is 18.3 Å². The highest BCUT2D eigenvalue weighted by Gasteiger charge is 2.09. The normalized spacial score (nSPS) is 24.3. The number of aliphatic imine (C=N–C) groups is 1. The second-order valence-electron chi connectivity index (χ2n) is 2.13. The van der Waals surface area contributed by atoms with Crippen molar-refractivity contribution in [1.82, 2.24) is 0 Å². The molecule has 0 radical (unpaired) electrons. The van der Waals surface area contributed by atoms with Crippen LogP contribution in [0, 0.1) is 5.92 Å². The first-order chi connectivity index (χ1) is 4.30. The number of Topliss-reactive ketones (excluding diaryl/α,β-unsaturated/α-hetero) is 1. The zero-order valence-electron chi connectivity index (χ0n) is 5.37. The summed E-state index contributed by atoms with van der Waals surface area (Å²) in [5.74, 6) is 0.305. The second-order valence-corrected chi connectivity index (χ2v) is 2.13. The van der Waals surface area contributed by atoms with E-state index in [1.54, 1.807) is 19.3 Å². The van der Waals surface area contributed by atoms with Crippen molar-refractivity contribution < 1.29 is 4.79 Å². The van der Waals surface area contributed by atoms with Crippen molar-refractivity contribution in [3.63, 3.8) is 0 Å². The lowest BCUT2D eigenvalue weighted by atomic mass is 10.0. The monoisotopic (exact) mass is 123 g/mol. The average Bonchev–Trinajstić information content (AvgIpc) is 1.90. The highest BCUT2D eigenvalue weighted by atomic mass is 16.1. The molecule has 48 valence electrons. The van der Waals surface area contributed by atoms with Gasteiger partial charge in [0.25, 0.3) is 0 Å². The highest BCUT2D eigenvalue weighted by molar-refractivity contribution is 5.83. The van der Waals surface area contributed by atoms with E-state index in [4.69, 9.17) is 0 Å². The summed E-state index contributed by atoms with van der Waals surface area (Å²) in [5, 5.41) is 0. The minimum absolute atomic E-state index is 0.0856. The summed E-state index contributed by atoms with van der Waals surface area (Å²) < 4.78 is 0. The van der Waals surface area contributed by atoms with Crippen molar-refractivity contribution in [3.05, 3.63) is 12.3 Å². The molecule has 0 saturated heterocycles. The van der Waals surface area contributed by atoms with Gasteiger partial charge in [0.2, 0.25) is 0 Å². The van der Waals surface area contributed by atoms with Gasteiger partial charge in [0.05, 0.1) is 0 Å². The Morgan fingerprint density at radius 2 is 2.56 bits per heavy atom. The Morgan fingerprint density at radius 3 is 2.89 bits per heavy atom. The Bertz CT molecular complexity index is 170.